The maximum absolute atomic E-state index is 2.60. The third-order valence-corrected chi connectivity index (χ3v) is 19.2. The smallest absolute Gasteiger partial charge is 0.0714 e. The summed E-state index contributed by atoms with van der Waals surface area (Å²) in [4.78, 5) is 2.45. The quantitative estimate of drug-likeness (QED) is 0.0822. The van der Waals surface area contributed by atoms with Gasteiger partial charge in [-0.3, -0.25) is 0 Å². The van der Waals surface area contributed by atoms with Crippen LogP contribution in [0, 0.1) is 13.8 Å². The number of unbranched alkanes of at least 4 members (excludes halogenated alkanes) is 6. The van der Waals surface area contributed by atoms with Crippen molar-refractivity contribution in [3.05, 3.63) is 254 Å². The van der Waals surface area contributed by atoms with Crippen molar-refractivity contribution < 1.29 is 0 Å². The van der Waals surface area contributed by atoms with Gasteiger partial charge in [-0.1, -0.05) is 231 Å². The summed E-state index contributed by atoms with van der Waals surface area (Å²) in [7, 11) is 0. The van der Waals surface area contributed by atoms with E-state index in [0.717, 1.165) is 29.9 Å². The summed E-state index contributed by atoms with van der Waals surface area (Å²) in [5.74, 6) is 0. The average Bonchev–Trinajstić information content (AvgIpc) is 4.14. The molecular weight excluding hydrogens is 951 g/mol. The molecule has 0 amide bonds. The van der Waals surface area contributed by atoms with E-state index in [1.807, 2.05) is 0 Å². The number of hydrogen-bond acceptors (Lipinski definition) is 1. The second-order valence-corrected chi connectivity index (χ2v) is 25.3. The molecule has 0 aliphatic heterocycles. The van der Waals surface area contributed by atoms with Crippen molar-refractivity contribution in [2.75, 3.05) is 4.90 Å². The molecule has 13 rings (SSSR count). The van der Waals surface area contributed by atoms with Gasteiger partial charge in [-0.15, -0.1) is 0 Å². The van der Waals surface area contributed by atoms with E-state index in [1.54, 1.807) is 11.1 Å². The topological polar surface area (TPSA) is 3.24 Å². The second kappa shape index (κ2) is 20.5. The fraction of sp³-hybridized carbons (Fsp3) is 0.308. The van der Waals surface area contributed by atoms with Crippen LogP contribution < -0.4 is 4.90 Å². The van der Waals surface area contributed by atoms with E-state index in [4.69, 9.17) is 0 Å². The first-order valence-electron chi connectivity index (χ1n) is 30.3. The molecule has 1 nitrogen and oxygen atoms in total. The molecule has 0 spiro atoms. The summed E-state index contributed by atoms with van der Waals surface area (Å²) >= 11 is 0. The third-order valence-electron chi connectivity index (χ3n) is 19.2. The van der Waals surface area contributed by atoms with E-state index in [9.17, 15) is 0 Å². The summed E-state index contributed by atoms with van der Waals surface area (Å²) in [5.41, 5.74) is 32.5. The van der Waals surface area contributed by atoms with Crippen molar-refractivity contribution in [3.63, 3.8) is 0 Å². The SMILES string of the molecule is CCCCCCC1(CCCCCC)c2cc(C)ccc2-c2ccc(-c3ccc(N(c4ccc(-c5ccc6c(c5)C(c5ccc7c(c5)CC7)(c5ccc7c(c5)CC7)c5cc(C)ccc5-6)cc4)c4ccc(C(C)(C)C)cc4)cc3)cc21. The van der Waals surface area contributed by atoms with Crippen molar-refractivity contribution in [1.82, 2.24) is 0 Å². The van der Waals surface area contributed by atoms with Gasteiger partial charge in [0.25, 0.3) is 0 Å². The molecule has 0 saturated heterocycles. The Balaban J connectivity index is 0.875. The number of fused-ring (bicyclic) bond motifs is 8. The zero-order valence-electron chi connectivity index (χ0n) is 48.2. The van der Waals surface area contributed by atoms with Crippen LogP contribution in [-0.2, 0) is 41.9 Å². The number of aryl methyl sites for hydroxylation is 6. The van der Waals surface area contributed by atoms with E-state index in [2.05, 4.69) is 235 Å². The molecular formula is C78H79N. The highest BCUT2D eigenvalue weighted by Crippen LogP contribution is 2.59. The Bertz CT molecular complexity index is 3680. The van der Waals surface area contributed by atoms with Crippen molar-refractivity contribution in [2.24, 2.45) is 0 Å². The summed E-state index contributed by atoms with van der Waals surface area (Å²) in [5, 5.41) is 0. The van der Waals surface area contributed by atoms with Crippen molar-refractivity contribution in [2.45, 2.75) is 155 Å². The summed E-state index contributed by atoms with van der Waals surface area (Å²) in [6.45, 7) is 16.1. The second-order valence-electron chi connectivity index (χ2n) is 25.3. The van der Waals surface area contributed by atoms with Gasteiger partial charge in [0, 0.05) is 22.5 Å². The van der Waals surface area contributed by atoms with Crippen molar-refractivity contribution in [1.29, 1.82) is 0 Å². The van der Waals surface area contributed by atoms with Gasteiger partial charge in [0.2, 0.25) is 0 Å². The molecule has 0 radical (unpaired) electrons. The van der Waals surface area contributed by atoms with Crippen molar-refractivity contribution >= 4 is 17.1 Å². The van der Waals surface area contributed by atoms with Gasteiger partial charge in [-0.05, 0) is 212 Å². The number of anilines is 3. The van der Waals surface area contributed by atoms with Gasteiger partial charge in [-0.25, -0.2) is 0 Å². The lowest BCUT2D eigenvalue weighted by atomic mass is 9.65. The molecule has 0 heterocycles. The molecule has 0 atom stereocenters. The van der Waals surface area contributed by atoms with Crippen LogP contribution in [0.25, 0.3) is 44.5 Å². The lowest BCUT2D eigenvalue weighted by molar-refractivity contribution is 0.401. The summed E-state index contributed by atoms with van der Waals surface area (Å²) < 4.78 is 0. The lowest BCUT2D eigenvalue weighted by Gasteiger charge is -2.37. The maximum Gasteiger partial charge on any atom is 0.0714 e. The van der Waals surface area contributed by atoms with Gasteiger partial charge in [0.05, 0.1) is 5.41 Å². The number of hydrogen-bond donors (Lipinski definition) is 0. The standard InChI is InChI=1S/C78H79N/c1-8-10-12-14-44-77(45-15-13-11-9-2)72-46-52(3)16-40-68(72)69-42-28-60(50-73(69)77)56-24-34-65(35-25-56)79(67-38-32-62(33-39-67)76(5,6)7)66-36-26-57(27-37-66)61-29-43-71-70-41-17-53(4)47-74(70)78(75(71)51-61,63-30-22-54-18-20-58(54)48-63)64-31-23-55-19-21-59(55)49-64/h16-17,22-43,46-51H,8-15,18-21,44-45H2,1-7H3. The van der Waals surface area contributed by atoms with E-state index in [0.29, 0.717) is 0 Å². The Morgan fingerprint density at radius 2 is 0.759 bits per heavy atom. The number of nitrogens with zero attached hydrogens (tertiary/aromatic N) is 1. The molecule has 4 aliphatic rings. The molecule has 396 valence electrons. The first kappa shape index (κ1) is 51.2. The van der Waals surface area contributed by atoms with Gasteiger partial charge < -0.3 is 4.90 Å². The minimum absolute atomic E-state index is 0.0498. The van der Waals surface area contributed by atoms with Crippen LogP contribution in [0.3, 0.4) is 0 Å². The van der Waals surface area contributed by atoms with Crippen LogP contribution >= 0.6 is 0 Å². The average molecular weight is 1030 g/mol. The molecule has 9 aromatic carbocycles. The zero-order valence-corrected chi connectivity index (χ0v) is 48.2. The van der Waals surface area contributed by atoms with Gasteiger partial charge in [0.1, 0.15) is 0 Å². The molecule has 4 aliphatic carbocycles. The molecule has 0 aromatic heterocycles. The van der Waals surface area contributed by atoms with Crippen LogP contribution in [0.5, 0.6) is 0 Å². The fourth-order valence-electron chi connectivity index (χ4n) is 14.6. The van der Waals surface area contributed by atoms with Crippen LogP contribution in [0.4, 0.5) is 17.1 Å². The van der Waals surface area contributed by atoms with E-state index in [1.165, 1.54) is 183 Å². The van der Waals surface area contributed by atoms with Gasteiger partial charge >= 0.3 is 0 Å². The minimum Gasteiger partial charge on any atom is -0.311 e. The highest BCUT2D eigenvalue weighted by atomic mass is 15.1. The highest BCUT2D eigenvalue weighted by molar-refractivity contribution is 5.90. The van der Waals surface area contributed by atoms with Gasteiger partial charge in [0.15, 0.2) is 0 Å². The first-order valence-corrected chi connectivity index (χ1v) is 30.3. The molecule has 0 saturated carbocycles. The van der Waals surface area contributed by atoms with Crippen LogP contribution in [-0.4, -0.2) is 0 Å². The van der Waals surface area contributed by atoms with E-state index >= 15 is 0 Å². The molecule has 79 heavy (non-hydrogen) atoms. The summed E-state index contributed by atoms with van der Waals surface area (Å²) in [6, 6.07) is 72.2. The zero-order chi connectivity index (χ0) is 54.0. The highest BCUT2D eigenvalue weighted by Gasteiger charge is 2.48. The Morgan fingerprint density at radius 3 is 1.20 bits per heavy atom. The van der Waals surface area contributed by atoms with Crippen molar-refractivity contribution in [3.8, 4) is 44.5 Å². The van der Waals surface area contributed by atoms with Gasteiger partial charge in [-0.2, -0.15) is 0 Å². The van der Waals surface area contributed by atoms with Crippen LogP contribution in [0.1, 0.15) is 171 Å². The Morgan fingerprint density at radius 1 is 0.367 bits per heavy atom. The fourth-order valence-corrected chi connectivity index (χ4v) is 14.6. The lowest BCUT2D eigenvalue weighted by Crippen LogP contribution is -2.30. The molecule has 0 N–H and O–H groups in total. The Kier molecular flexibility index (Phi) is 13.3. The predicted octanol–water partition coefficient (Wildman–Crippen LogP) is 21.2. The Hall–Kier alpha value is -7.22. The largest absolute Gasteiger partial charge is 0.311 e. The predicted molar refractivity (Wildman–Crippen MR) is 336 cm³/mol. The number of rotatable bonds is 17. The monoisotopic (exact) mass is 1030 g/mol. The third kappa shape index (κ3) is 8.83. The molecule has 9 aromatic rings. The van der Waals surface area contributed by atoms with Crippen LogP contribution in [0.2, 0.25) is 0 Å². The molecule has 1 heteroatoms. The normalized spacial score (nSPS) is 14.8. The molecule has 0 unspecified atom stereocenters. The maximum atomic E-state index is 2.60. The van der Waals surface area contributed by atoms with E-state index in [-0.39, 0.29) is 10.8 Å². The Labute approximate surface area is 472 Å². The molecule has 0 bridgehead atoms. The summed E-state index contributed by atoms with van der Waals surface area (Å²) in [6.07, 6.45) is 17.4. The minimum atomic E-state index is -0.417. The number of benzene rings is 9. The van der Waals surface area contributed by atoms with Crippen LogP contribution in [0.15, 0.2) is 182 Å². The first-order chi connectivity index (χ1) is 38.5. The van der Waals surface area contributed by atoms with E-state index < -0.39 is 5.41 Å². The molecule has 0 fully saturated rings.